The first-order valence-corrected chi connectivity index (χ1v) is 8.05. The number of carboxylic acid groups (broad SMARTS) is 1. The van der Waals surface area contributed by atoms with Crippen LogP contribution in [0.5, 0.6) is 11.5 Å². The van der Waals surface area contributed by atoms with E-state index < -0.39 is 11.4 Å². The fraction of sp³-hybridized carbons (Fsp3) is 0.263. The smallest absolute Gasteiger partial charge is 0.315 e. The van der Waals surface area contributed by atoms with Gasteiger partial charge < -0.3 is 19.8 Å². The summed E-state index contributed by atoms with van der Waals surface area (Å²) >= 11 is 0. The molecule has 2 N–H and O–H groups in total. The number of phenols is 1. The summed E-state index contributed by atoms with van der Waals surface area (Å²) in [4.78, 5) is 26.4. The molecule has 0 saturated carbocycles. The number of para-hydroxylation sites is 1. The van der Waals surface area contributed by atoms with E-state index in [4.69, 9.17) is 4.74 Å². The van der Waals surface area contributed by atoms with Crippen molar-refractivity contribution in [2.24, 2.45) is 5.41 Å². The van der Waals surface area contributed by atoms with Crippen molar-refractivity contribution in [1.82, 2.24) is 4.90 Å². The number of phenolic OH excluding ortho intramolecular Hbond substituents is 1. The molecular formula is C19H17NO5. The molecule has 0 radical (unpaired) electrons. The van der Waals surface area contributed by atoms with Crippen LogP contribution in [0.1, 0.15) is 21.8 Å². The van der Waals surface area contributed by atoms with Crippen LogP contribution in [0.25, 0.3) is 0 Å². The van der Waals surface area contributed by atoms with Crippen LogP contribution in [0.4, 0.5) is 0 Å². The second-order valence-corrected chi connectivity index (χ2v) is 6.58. The highest BCUT2D eigenvalue weighted by Crippen LogP contribution is 2.49. The van der Waals surface area contributed by atoms with Gasteiger partial charge in [0.2, 0.25) is 0 Å². The summed E-state index contributed by atoms with van der Waals surface area (Å²) in [6.07, 6.45) is 0. The highest BCUT2D eigenvalue weighted by molar-refractivity contribution is 5.95. The lowest BCUT2D eigenvalue weighted by Gasteiger charge is -2.35. The van der Waals surface area contributed by atoms with Crippen molar-refractivity contribution in [2.75, 3.05) is 19.7 Å². The average molecular weight is 339 g/mol. The SMILES string of the molecule is O=C(c1cccc(O)c1)N1C[C@@H]2c3ccccc3OC[C@]2(C(=O)O)C1. The highest BCUT2D eigenvalue weighted by atomic mass is 16.5. The van der Waals surface area contributed by atoms with Crippen LogP contribution in [-0.2, 0) is 4.79 Å². The van der Waals surface area contributed by atoms with Gasteiger partial charge in [-0.25, -0.2) is 0 Å². The Labute approximate surface area is 144 Å². The van der Waals surface area contributed by atoms with Gasteiger partial charge in [-0.2, -0.15) is 0 Å². The number of amides is 1. The summed E-state index contributed by atoms with van der Waals surface area (Å²) < 4.78 is 5.70. The molecule has 2 aliphatic heterocycles. The molecule has 0 spiro atoms. The number of hydrogen-bond donors (Lipinski definition) is 2. The van der Waals surface area contributed by atoms with E-state index in [1.165, 1.54) is 12.1 Å². The Balaban J connectivity index is 1.71. The number of likely N-dealkylation sites (tertiary alicyclic amines) is 1. The third-order valence-corrected chi connectivity index (χ3v) is 5.13. The van der Waals surface area contributed by atoms with Gasteiger partial charge >= 0.3 is 5.97 Å². The number of ether oxygens (including phenoxy) is 1. The topological polar surface area (TPSA) is 87.1 Å². The number of hydrogen-bond acceptors (Lipinski definition) is 4. The molecule has 0 aromatic heterocycles. The molecule has 4 rings (SSSR count). The molecule has 0 unspecified atom stereocenters. The molecule has 25 heavy (non-hydrogen) atoms. The van der Waals surface area contributed by atoms with Gasteiger partial charge in [0.15, 0.2) is 0 Å². The molecule has 2 aliphatic rings. The average Bonchev–Trinajstić information content (AvgIpc) is 3.03. The first kappa shape index (κ1) is 15.5. The van der Waals surface area contributed by atoms with E-state index in [9.17, 15) is 19.8 Å². The van der Waals surface area contributed by atoms with Gasteiger partial charge in [0.25, 0.3) is 5.91 Å². The normalized spacial score (nSPS) is 24.2. The summed E-state index contributed by atoms with van der Waals surface area (Å²) in [7, 11) is 0. The van der Waals surface area contributed by atoms with Gasteiger partial charge in [0.1, 0.15) is 23.5 Å². The van der Waals surface area contributed by atoms with Crippen LogP contribution >= 0.6 is 0 Å². The monoisotopic (exact) mass is 339 g/mol. The van der Waals surface area contributed by atoms with Gasteiger partial charge in [-0.15, -0.1) is 0 Å². The molecule has 1 amide bonds. The fourth-order valence-electron chi connectivity index (χ4n) is 3.81. The molecule has 6 heteroatoms. The lowest BCUT2D eigenvalue weighted by molar-refractivity contribution is -0.151. The number of aromatic hydroxyl groups is 1. The van der Waals surface area contributed by atoms with Gasteiger partial charge in [-0.05, 0) is 24.3 Å². The Kier molecular flexibility index (Phi) is 3.42. The first-order valence-electron chi connectivity index (χ1n) is 8.05. The number of benzene rings is 2. The molecule has 2 aromatic rings. The van der Waals surface area contributed by atoms with Gasteiger partial charge in [-0.1, -0.05) is 24.3 Å². The highest BCUT2D eigenvalue weighted by Gasteiger charge is 2.57. The van der Waals surface area contributed by atoms with E-state index in [0.717, 1.165) is 5.56 Å². The van der Waals surface area contributed by atoms with Crippen molar-refractivity contribution in [1.29, 1.82) is 0 Å². The quantitative estimate of drug-likeness (QED) is 0.875. The third kappa shape index (κ3) is 2.33. The third-order valence-electron chi connectivity index (χ3n) is 5.13. The van der Waals surface area contributed by atoms with E-state index in [0.29, 0.717) is 17.9 Å². The van der Waals surface area contributed by atoms with Crippen molar-refractivity contribution < 1.29 is 24.5 Å². The van der Waals surface area contributed by atoms with Crippen molar-refractivity contribution >= 4 is 11.9 Å². The molecule has 2 aromatic carbocycles. The number of carbonyl (C=O) groups is 2. The molecule has 2 heterocycles. The van der Waals surface area contributed by atoms with Crippen LogP contribution < -0.4 is 4.74 Å². The van der Waals surface area contributed by atoms with Crippen LogP contribution in [0.3, 0.4) is 0 Å². The number of nitrogens with zero attached hydrogens (tertiary/aromatic N) is 1. The Morgan fingerprint density at radius 1 is 1.16 bits per heavy atom. The summed E-state index contributed by atoms with van der Waals surface area (Å²) in [6.45, 7) is 0.421. The fourth-order valence-corrected chi connectivity index (χ4v) is 3.81. The lowest BCUT2D eigenvalue weighted by Crippen LogP contribution is -2.46. The Morgan fingerprint density at radius 3 is 2.72 bits per heavy atom. The summed E-state index contributed by atoms with van der Waals surface area (Å²) in [6, 6.07) is 13.5. The minimum absolute atomic E-state index is 0.00379. The van der Waals surface area contributed by atoms with Gasteiger partial charge in [-0.3, -0.25) is 9.59 Å². The number of carbonyl (C=O) groups excluding carboxylic acids is 1. The van der Waals surface area contributed by atoms with Crippen molar-refractivity contribution in [2.45, 2.75) is 5.92 Å². The molecular weight excluding hydrogens is 322 g/mol. The van der Waals surface area contributed by atoms with Crippen LogP contribution in [0.2, 0.25) is 0 Å². The predicted molar refractivity (Wildman–Crippen MR) is 88.8 cm³/mol. The second kappa shape index (κ2) is 5.51. The molecule has 0 aliphatic carbocycles. The minimum atomic E-state index is -1.15. The van der Waals surface area contributed by atoms with Gasteiger partial charge in [0.05, 0.1) is 0 Å². The minimum Gasteiger partial charge on any atom is -0.508 e. The molecule has 2 atom stereocenters. The molecule has 1 fully saturated rings. The maximum atomic E-state index is 12.8. The molecule has 128 valence electrons. The van der Waals surface area contributed by atoms with Crippen molar-refractivity contribution in [3.63, 3.8) is 0 Å². The number of fused-ring (bicyclic) bond motifs is 3. The summed E-state index contributed by atoms with van der Waals surface area (Å²) in [5, 5.41) is 19.5. The molecule has 1 saturated heterocycles. The Bertz CT molecular complexity index is 864. The maximum Gasteiger partial charge on any atom is 0.315 e. The van der Waals surface area contributed by atoms with Crippen LogP contribution in [0.15, 0.2) is 48.5 Å². The van der Waals surface area contributed by atoms with Crippen LogP contribution in [0, 0.1) is 5.41 Å². The van der Waals surface area contributed by atoms with E-state index >= 15 is 0 Å². The van der Waals surface area contributed by atoms with Crippen molar-refractivity contribution in [3.05, 3.63) is 59.7 Å². The zero-order valence-electron chi connectivity index (χ0n) is 13.4. The number of aliphatic carboxylic acids is 1. The molecule has 6 nitrogen and oxygen atoms in total. The summed E-state index contributed by atoms with van der Waals surface area (Å²) in [5.41, 5.74) is 0.0108. The second-order valence-electron chi connectivity index (χ2n) is 6.58. The summed E-state index contributed by atoms with van der Waals surface area (Å²) in [5.74, 6) is -0.891. The largest absolute Gasteiger partial charge is 0.508 e. The molecule has 0 bridgehead atoms. The Hall–Kier alpha value is -3.02. The standard InChI is InChI=1S/C19H17NO5/c21-13-5-3-4-12(8-13)17(22)20-9-15-14-6-1-2-7-16(14)25-11-19(15,10-20)18(23)24/h1-8,15,21H,9-11H2,(H,23,24)/t15-,19-/m1/s1. The van der Waals surface area contributed by atoms with Gasteiger partial charge in [0, 0.05) is 30.1 Å². The number of rotatable bonds is 2. The van der Waals surface area contributed by atoms with E-state index in [2.05, 4.69) is 0 Å². The van der Waals surface area contributed by atoms with E-state index in [1.807, 2.05) is 24.3 Å². The zero-order valence-corrected chi connectivity index (χ0v) is 13.4. The van der Waals surface area contributed by atoms with E-state index in [1.54, 1.807) is 17.0 Å². The first-order chi connectivity index (χ1) is 12.0. The van der Waals surface area contributed by atoms with Crippen LogP contribution in [-0.4, -0.2) is 46.7 Å². The van der Waals surface area contributed by atoms with Crippen molar-refractivity contribution in [3.8, 4) is 11.5 Å². The Morgan fingerprint density at radius 2 is 1.96 bits per heavy atom. The maximum absolute atomic E-state index is 12.8. The predicted octanol–water partition coefficient (Wildman–Crippen LogP) is 2.10. The van der Waals surface area contributed by atoms with E-state index in [-0.39, 0.29) is 30.7 Å². The zero-order chi connectivity index (χ0) is 17.6. The number of carboxylic acids is 1. The lowest BCUT2D eigenvalue weighted by atomic mass is 9.73.